The van der Waals surface area contributed by atoms with E-state index < -0.39 is 11.9 Å². The van der Waals surface area contributed by atoms with Gasteiger partial charge in [0.1, 0.15) is 5.75 Å². The van der Waals surface area contributed by atoms with Crippen molar-refractivity contribution < 1.29 is 14.6 Å². The summed E-state index contributed by atoms with van der Waals surface area (Å²) in [6.45, 7) is 2.04. The van der Waals surface area contributed by atoms with Gasteiger partial charge in [0, 0.05) is 11.0 Å². The van der Waals surface area contributed by atoms with Crippen LogP contribution in [0.2, 0.25) is 0 Å². The van der Waals surface area contributed by atoms with Crippen molar-refractivity contribution in [1.29, 1.82) is 0 Å². The lowest BCUT2D eigenvalue weighted by Crippen LogP contribution is -2.22. The van der Waals surface area contributed by atoms with Crippen LogP contribution in [0.5, 0.6) is 5.75 Å². The van der Waals surface area contributed by atoms with Crippen molar-refractivity contribution in [3.8, 4) is 5.75 Å². The molecule has 1 aromatic carbocycles. The number of rotatable bonds is 3. The van der Waals surface area contributed by atoms with Crippen molar-refractivity contribution in [2.24, 2.45) is 5.92 Å². The highest BCUT2D eigenvalue weighted by Gasteiger charge is 2.28. The Hall–Kier alpha value is -2.03. The molecule has 3 nitrogen and oxygen atoms in total. The summed E-state index contributed by atoms with van der Waals surface area (Å²) in [5.74, 6) is -0.555. The number of benzene rings is 1. The Balaban J connectivity index is 2.37. The summed E-state index contributed by atoms with van der Waals surface area (Å²) in [5, 5.41) is 8.95. The summed E-state index contributed by atoms with van der Waals surface area (Å²) in [6, 6.07) is 7.77. The van der Waals surface area contributed by atoms with Gasteiger partial charge in [-0.15, -0.1) is 0 Å². The lowest BCUT2D eigenvalue weighted by Gasteiger charge is -2.28. The molecule has 1 N–H and O–H groups in total. The molecule has 0 unspecified atom stereocenters. The van der Waals surface area contributed by atoms with Crippen molar-refractivity contribution in [2.75, 3.05) is 7.11 Å². The Kier molecular flexibility index (Phi) is 3.24. The van der Waals surface area contributed by atoms with Crippen LogP contribution in [0, 0.1) is 5.92 Å². The standard InChI is InChI=1S/C15H16O3/c1-15(9-7-11(8-10-15)14(16)17)12-5-3-4-6-13(12)18-2/h3-11H,1-2H3,(H,16,17). The monoisotopic (exact) mass is 244 g/mol. The maximum atomic E-state index is 10.9. The van der Waals surface area contributed by atoms with Crippen molar-refractivity contribution in [3.63, 3.8) is 0 Å². The number of methoxy groups -OCH3 is 1. The van der Waals surface area contributed by atoms with E-state index in [0.717, 1.165) is 11.3 Å². The van der Waals surface area contributed by atoms with Gasteiger partial charge < -0.3 is 9.84 Å². The van der Waals surface area contributed by atoms with E-state index >= 15 is 0 Å². The Morgan fingerprint density at radius 2 is 1.89 bits per heavy atom. The van der Waals surface area contributed by atoms with Crippen molar-refractivity contribution in [2.45, 2.75) is 12.3 Å². The molecular weight excluding hydrogens is 228 g/mol. The number of carboxylic acids is 1. The minimum absolute atomic E-state index is 0.321. The van der Waals surface area contributed by atoms with Crippen LogP contribution in [-0.2, 0) is 10.2 Å². The first kappa shape index (κ1) is 12.4. The van der Waals surface area contributed by atoms with Gasteiger partial charge in [-0.3, -0.25) is 4.79 Å². The van der Waals surface area contributed by atoms with Crippen LogP contribution in [0.25, 0.3) is 0 Å². The summed E-state index contributed by atoms with van der Waals surface area (Å²) in [4.78, 5) is 10.9. The Labute approximate surface area is 106 Å². The van der Waals surface area contributed by atoms with Crippen LogP contribution in [0.3, 0.4) is 0 Å². The number of carboxylic acid groups (broad SMARTS) is 1. The van der Waals surface area contributed by atoms with Crippen LogP contribution in [-0.4, -0.2) is 18.2 Å². The van der Waals surface area contributed by atoms with Gasteiger partial charge in [-0.05, 0) is 13.0 Å². The van der Waals surface area contributed by atoms with Gasteiger partial charge in [0.25, 0.3) is 0 Å². The van der Waals surface area contributed by atoms with Gasteiger partial charge in [0.15, 0.2) is 0 Å². The van der Waals surface area contributed by atoms with E-state index in [1.165, 1.54) is 0 Å². The van der Waals surface area contributed by atoms with E-state index in [9.17, 15) is 4.79 Å². The summed E-state index contributed by atoms with van der Waals surface area (Å²) in [5.41, 5.74) is 0.710. The molecular formula is C15H16O3. The molecule has 1 aliphatic carbocycles. The second-order valence-corrected chi connectivity index (χ2v) is 4.57. The number of allylic oxidation sites excluding steroid dienone is 2. The highest BCUT2D eigenvalue weighted by Crippen LogP contribution is 2.36. The largest absolute Gasteiger partial charge is 0.496 e. The summed E-state index contributed by atoms with van der Waals surface area (Å²) in [7, 11) is 1.64. The molecule has 0 radical (unpaired) electrons. The Morgan fingerprint density at radius 3 is 2.44 bits per heavy atom. The van der Waals surface area contributed by atoms with Crippen molar-refractivity contribution >= 4 is 5.97 Å². The van der Waals surface area contributed by atoms with Crippen LogP contribution < -0.4 is 4.74 Å². The zero-order chi connectivity index (χ0) is 13.2. The number of ether oxygens (including phenoxy) is 1. The SMILES string of the molecule is COc1ccccc1C1(C)C=CC(C(=O)O)C=C1. The number of hydrogen-bond donors (Lipinski definition) is 1. The molecule has 0 aliphatic heterocycles. The predicted octanol–water partition coefficient (Wildman–Crippen LogP) is 2.78. The summed E-state index contributed by atoms with van der Waals surface area (Å²) >= 11 is 0. The van der Waals surface area contributed by atoms with E-state index in [-0.39, 0.29) is 5.41 Å². The normalized spacial score (nSPS) is 26.0. The Morgan fingerprint density at radius 1 is 1.28 bits per heavy atom. The fraction of sp³-hybridized carbons (Fsp3) is 0.267. The molecule has 0 amide bonds. The van der Waals surface area contributed by atoms with Gasteiger partial charge in [0.2, 0.25) is 0 Å². The highest BCUT2D eigenvalue weighted by atomic mass is 16.5. The smallest absolute Gasteiger partial charge is 0.314 e. The van der Waals surface area contributed by atoms with Crippen LogP contribution >= 0.6 is 0 Å². The second-order valence-electron chi connectivity index (χ2n) is 4.57. The maximum absolute atomic E-state index is 10.9. The van der Waals surface area contributed by atoms with Gasteiger partial charge in [0.05, 0.1) is 13.0 Å². The molecule has 0 aromatic heterocycles. The lowest BCUT2D eigenvalue weighted by molar-refractivity contribution is -0.138. The van der Waals surface area contributed by atoms with Gasteiger partial charge >= 0.3 is 5.97 Å². The lowest BCUT2D eigenvalue weighted by atomic mass is 9.77. The third-order valence-electron chi connectivity index (χ3n) is 3.27. The van der Waals surface area contributed by atoms with Crippen molar-refractivity contribution in [3.05, 3.63) is 54.1 Å². The molecule has 0 heterocycles. The molecule has 2 rings (SSSR count). The number of para-hydroxylation sites is 1. The molecule has 0 spiro atoms. The minimum Gasteiger partial charge on any atom is -0.496 e. The molecule has 3 heteroatoms. The van der Waals surface area contributed by atoms with Crippen LogP contribution in [0.15, 0.2) is 48.6 Å². The first-order valence-electron chi connectivity index (χ1n) is 5.82. The first-order valence-corrected chi connectivity index (χ1v) is 5.82. The molecule has 0 saturated heterocycles. The average molecular weight is 244 g/mol. The van der Waals surface area contributed by atoms with E-state index in [1.807, 2.05) is 43.3 Å². The predicted molar refractivity (Wildman–Crippen MR) is 69.8 cm³/mol. The molecule has 0 bridgehead atoms. The second kappa shape index (κ2) is 4.69. The summed E-state index contributed by atoms with van der Waals surface area (Å²) < 4.78 is 5.35. The van der Waals surface area contributed by atoms with Crippen molar-refractivity contribution in [1.82, 2.24) is 0 Å². The zero-order valence-corrected chi connectivity index (χ0v) is 10.5. The van der Waals surface area contributed by atoms with E-state index in [4.69, 9.17) is 9.84 Å². The van der Waals surface area contributed by atoms with Crippen LogP contribution in [0.1, 0.15) is 12.5 Å². The Bertz CT molecular complexity index is 500. The van der Waals surface area contributed by atoms with E-state index in [1.54, 1.807) is 19.3 Å². The number of carbonyl (C=O) groups is 1. The van der Waals surface area contributed by atoms with Crippen LogP contribution in [0.4, 0.5) is 0 Å². The van der Waals surface area contributed by atoms with E-state index in [0.29, 0.717) is 0 Å². The molecule has 0 fully saturated rings. The molecule has 94 valence electrons. The topological polar surface area (TPSA) is 46.5 Å². The number of aliphatic carboxylic acids is 1. The maximum Gasteiger partial charge on any atom is 0.314 e. The number of hydrogen-bond acceptors (Lipinski definition) is 2. The third kappa shape index (κ3) is 2.16. The summed E-state index contributed by atoms with van der Waals surface area (Å²) in [6.07, 6.45) is 7.27. The molecule has 18 heavy (non-hydrogen) atoms. The zero-order valence-electron chi connectivity index (χ0n) is 10.5. The minimum atomic E-state index is -0.829. The molecule has 0 atom stereocenters. The van der Waals surface area contributed by atoms with Gasteiger partial charge in [-0.2, -0.15) is 0 Å². The molecule has 1 aromatic rings. The van der Waals surface area contributed by atoms with Gasteiger partial charge in [-0.25, -0.2) is 0 Å². The fourth-order valence-corrected chi connectivity index (χ4v) is 2.16. The third-order valence-corrected chi connectivity index (χ3v) is 3.27. The fourth-order valence-electron chi connectivity index (χ4n) is 2.16. The van der Waals surface area contributed by atoms with Gasteiger partial charge in [-0.1, -0.05) is 42.5 Å². The average Bonchev–Trinajstić information content (AvgIpc) is 2.39. The highest BCUT2D eigenvalue weighted by molar-refractivity contribution is 5.75. The molecule has 0 saturated carbocycles. The molecule has 1 aliphatic rings. The quantitative estimate of drug-likeness (QED) is 0.832. The first-order chi connectivity index (χ1) is 8.57. The van der Waals surface area contributed by atoms with E-state index in [2.05, 4.69) is 0 Å².